The van der Waals surface area contributed by atoms with Gasteiger partial charge in [-0.25, -0.2) is 4.79 Å². The van der Waals surface area contributed by atoms with Crippen molar-refractivity contribution in [3.05, 3.63) is 24.5 Å². The largest absolute Gasteiger partial charge is 0.469 e. The van der Waals surface area contributed by atoms with E-state index in [9.17, 15) is 4.79 Å². The number of cyclic esters (lactones) is 1. The van der Waals surface area contributed by atoms with E-state index >= 15 is 0 Å². The second-order valence-corrected chi connectivity index (χ2v) is 2.33. The summed E-state index contributed by atoms with van der Waals surface area (Å²) in [5.74, 6) is -0.0975. The summed E-state index contributed by atoms with van der Waals surface area (Å²) < 4.78 is 14.6. The molecule has 0 radical (unpaired) electrons. The number of esters is 1. The molecule has 0 N–H and O–H groups in total. The van der Waals surface area contributed by atoms with E-state index in [0.29, 0.717) is 5.76 Å². The van der Waals surface area contributed by atoms with Gasteiger partial charge in [0.15, 0.2) is 6.79 Å². The van der Waals surface area contributed by atoms with Crippen molar-refractivity contribution in [2.24, 2.45) is 0 Å². The van der Waals surface area contributed by atoms with Crippen LogP contribution in [0.2, 0.25) is 0 Å². The first-order valence-electron chi connectivity index (χ1n) is 3.43. The lowest BCUT2D eigenvalue weighted by molar-refractivity contribution is -0.138. The maximum atomic E-state index is 11.0. The Labute approximate surface area is 70.4 Å². The Bertz CT molecular complexity index is 219. The normalized spacial score (nSPS) is 20.2. The van der Waals surface area contributed by atoms with Gasteiger partial charge in [-0.05, 0) is 0 Å². The van der Waals surface area contributed by atoms with Crippen LogP contribution in [-0.4, -0.2) is 26.0 Å². The second kappa shape index (κ2) is 3.92. The standard InChI is InChI=1S/C8H10O4/c1-6-3-10-5-12-7(2)4-11-8(6)9/h1-5H2. The van der Waals surface area contributed by atoms with Crippen LogP contribution in [0.1, 0.15) is 0 Å². The quantitative estimate of drug-likeness (QED) is 0.394. The van der Waals surface area contributed by atoms with E-state index in [-0.39, 0.29) is 25.6 Å². The predicted molar refractivity (Wildman–Crippen MR) is 41.1 cm³/mol. The van der Waals surface area contributed by atoms with Crippen LogP contribution in [0, 0.1) is 0 Å². The van der Waals surface area contributed by atoms with Crippen molar-refractivity contribution < 1.29 is 19.0 Å². The Morgan fingerprint density at radius 3 is 2.67 bits per heavy atom. The lowest BCUT2D eigenvalue weighted by atomic mass is 10.3. The van der Waals surface area contributed by atoms with E-state index in [1.54, 1.807) is 0 Å². The van der Waals surface area contributed by atoms with Gasteiger partial charge >= 0.3 is 5.97 Å². The average molecular weight is 170 g/mol. The minimum atomic E-state index is -0.471. The second-order valence-electron chi connectivity index (χ2n) is 2.33. The van der Waals surface area contributed by atoms with E-state index in [4.69, 9.17) is 14.2 Å². The van der Waals surface area contributed by atoms with Crippen LogP contribution in [0.5, 0.6) is 0 Å². The third-order valence-corrected chi connectivity index (χ3v) is 1.28. The molecular weight excluding hydrogens is 160 g/mol. The van der Waals surface area contributed by atoms with Crippen LogP contribution >= 0.6 is 0 Å². The predicted octanol–water partition coefficient (Wildman–Crippen LogP) is 0.604. The topological polar surface area (TPSA) is 44.8 Å². The molecule has 1 aliphatic heterocycles. The summed E-state index contributed by atoms with van der Waals surface area (Å²) in [4.78, 5) is 11.0. The molecular formula is C8H10O4. The van der Waals surface area contributed by atoms with Crippen LogP contribution < -0.4 is 0 Å². The third kappa shape index (κ3) is 2.39. The minimum absolute atomic E-state index is 0.0568. The molecule has 0 aromatic rings. The van der Waals surface area contributed by atoms with Crippen molar-refractivity contribution in [1.82, 2.24) is 0 Å². The van der Waals surface area contributed by atoms with Crippen LogP contribution in [0.3, 0.4) is 0 Å². The molecule has 1 heterocycles. The Morgan fingerprint density at radius 2 is 1.92 bits per heavy atom. The summed E-state index contributed by atoms with van der Waals surface area (Å²) in [6.45, 7) is 7.25. The van der Waals surface area contributed by atoms with Crippen molar-refractivity contribution in [1.29, 1.82) is 0 Å². The molecule has 1 aliphatic rings. The fourth-order valence-electron chi connectivity index (χ4n) is 0.639. The maximum absolute atomic E-state index is 11.0. The summed E-state index contributed by atoms with van der Waals surface area (Å²) >= 11 is 0. The first-order valence-corrected chi connectivity index (χ1v) is 3.43. The zero-order valence-corrected chi connectivity index (χ0v) is 6.67. The summed E-state index contributed by atoms with van der Waals surface area (Å²) in [6.07, 6.45) is 0. The van der Waals surface area contributed by atoms with Crippen LogP contribution in [-0.2, 0) is 19.0 Å². The van der Waals surface area contributed by atoms with Gasteiger partial charge < -0.3 is 14.2 Å². The highest BCUT2D eigenvalue weighted by atomic mass is 16.7. The highest BCUT2D eigenvalue weighted by Gasteiger charge is 2.11. The number of rotatable bonds is 0. The lowest BCUT2D eigenvalue weighted by Gasteiger charge is -2.04. The van der Waals surface area contributed by atoms with E-state index in [0.717, 1.165) is 0 Å². The van der Waals surface area contributed by atoms with Crippen molar-refractivity contribution >= 4 is 5.97 Å². The molecule has 0 bridgehead atoms. The van der Waals surface area contributed by atoms with Crippen LogP contribution in [0.4, 0.5) is 0 Å². The SMILES string of the molecule is C=C1COC(=O)C(=C)COCO1. The molecule has 1 fully saturated rings. The number of hydrogen-bond acceptors (Lipinski definition) is 4. The van der Waals surface area contributed by atoms with Crippen molar-refractivity contribution in [3.8, 4) is 0 Å². The van der Waals surface area contributed by atoms with Gasteiger partial charge in [0.2, 0.25) is 0 Å². The molecule has 1 saturated heterocycles. The molecule has 0 saturated carbocycles. The molecule has 4 heteroatoms. The van der Waals surface area contributed by atoms with Crippen molar-refractivity contribution in [2.75, 3.05) is 20.0 Å². The van der Waals surface area contributed by atoms with Gasteiger partial charge in [0.05, 0.1) is 12.2 Å². The van der Waals surface area contributed by atoms with Gasteiger partial charge in [-0.3, -0.25) is 0 Å². The third-order valence-electron chi connectivity index (χ3n) is 1.28. The molecule has 4 nitrogen and oxygen atoms in total. The Kier molecular flexibility index (Phi) is 2.88. The average Bonchev–Trinajstić information content (AvgIpc) is 2.11. The highest BCUT2D eigenvalue weighted by Crippen LogP contribution is 2.03. The van der Waals surface area contributed by atoms with Crippen LogP contribution in [0.15, 0.2) is 24.5 Å². The fourth-order valence-corrected chi connectivity index (χ4v) is 0.639. The van der Waals surface area contributed by atoms with Crippen molar-refractivity contribution in [2.45, 2.75) is 0 Å². The van der Waals surface area contributed by atoms with E-state index in [2.05, 4.69) is 13.2 Å². The van der Waals surface area contributed by atoms with E-state index in [1.165, 1.54) is 0 Å². The Hall–Kier alpha value is -1.29. The molecule has 0 amide bonds. The van der Waals surface area contributed by atoms with Gasteiger partial charge in [0.1, 0.15) is 12.4 Å². The monoisotopic (exact) mass is 170 g/mol. The maximum Gasteiger partial charge on any atom is 0.336 e. The van der Waals surface area contributed by atoms with E-state index < -0.39 is 5.97 Å². The molecule has 0 unspecified atom stereocenters. The number of ether oxygens (including phenoxy) is 3. The Balaban J connectivity index is 2.54. The highest BCUT2D eigenvalue weighted by molar-refractivity contribution is 5.88. The van der Waals surface area contributed by atoms with Gasteiger partial charge in [-0.1, -0.05) is 13.2 Å². The first-order chi connectivity index (χ1) is 5.70. The molecule has 66 valence electrons. The number of hydrogen-bond donors (Lipinski definition) is 0. The van der Waals surface area contributed by atoms with Gasteiger partial charge in [-0.15, -0.1) is 0 Å². The molecule has 12 heavy (non-hydrogen) atoms. The van der Waals surface area contributed by atoms with E-state index in [1.807, 2.05) is 0 Å². The van der Waals surface area contributed by atoms with Crippen molar-refractivity contribution in [3.63, 3.8) is 0 Å². The molecule has 0 aromatic carbocycles. The zero-order chi connectivity index (χ0) is 8.97. The first kappa shape index (κ1) is 8.80. The molecule has 1 rings (SSSR count). The summed E-state index contributed by atoms with van der Waals surface area (Å²) in [5.41, 5.74) is 0.285. The van der Waals surface area contributed by atoms with Gasteiger partial charge in [0.25, 0.3) is 0 Å². The zero-order valence-electron chi connectivity index (χ0n) is 6.67. The Morgan fingerprint density at radius 1 is 1.17 bits per heavy atom. The summed E-state index contributed by atoms with van der Waals surface area (Å²) in [7, 11) is 0. The lowest BCUT2D eigenvalue weighted by Crippen LogP contribution is -2.10. The molecule has 0 aromatic heterocycles. The minimum Gasteiger partial charge on any atom is -0.469 e. The van der Waals surface area contributed by atoms with Gasteiger partial charge in [-0.2, -0.15) is 0 Å². The summed E-state index contributed by atoms with van der Waals surface area (Å²) in [6, 6.07) is 0. The van der Waals surface area contributed by atoms with Gasteiger partial charge in [0, 0.05) is 0 Å². The number of carbonyl (C=O) groups excluding carboxylic acids is 1. The molecule has 0 aliphatic carbocycles. The van der Waals surface area contributed by atoms with Crippen LogP contribution in [0.25, 0.3) is 0 Å². The summed E-state index contributed by atoms with van der Waals surface area (Å²) in [5, 5.41) is 0. The smallest absolute Gasteiger partial charge is 0.336 e. The molecule has 0 atom stereocenters. The number of carbonyl (C=O) groups is 1. The molecule has 0 spiro atoms. The fraction of sp³-hybridized carbons (Fsp3) is 0.375.